The molecular formula is C12H24N2O3S. The fraction of sp³-hybridized carbons (Fsp3) is 0.917. The van der Waals surface area contributed by atoms with Crippen LogP contribution in [0, 0.1) is 5.92 Å². The summed E-state index contributed by atoms with van der Waals surface area (Å²) in [6.07, 6.45) is 6.12. The average molecular weight is 276 g/mol. The predicted molar refractivity (Wildman–Crippen MR) is 71.4 cm³/mol. The highest BCUT2D eigenvalue weighted by Gasteiger charge is 2.31. The van der Waals surface area contributed by atoms with Crippen molar-refractivity contribution in [2.24, 2.45) is 11.1 Å². The number of carbonyl (C=O) groups is 1. The van der Waals surface area contributed by atoms with Crippen LogP contribution in [0.1, 0.15) is 45.4 Å². The number of nitrogens with two attached hydrogens (primary N) is 1. The quantitative estimate of drug-likeness (QED) is 0.674. The molecule has 1 fully saturated rings. The molecule has 2 N–H and O–H groups in total. The van der Waals surface area contributed by atoms with Gasteiger partial charge < -0.3 is 4.90 Å². The Morgan fingerprint density at radius 1 is 1.28 bits per heavy atom. The lowest BCUT2D eigenvalue weighted by Crippen LogP contribution is -2.28. The van der Waals surface area contributed by atoms with Crippen LogP contribution in [0.2, 0.25) is 0 Å². The van der Waals surface area contributed by atoms with Gasteiger partial charge in [-0.1, -0.05) is 32.6 Å². The van der Waals surface area contributed by atoms with E-state index in [0.717, 1.165) is 19.4 Å². The van der Waals surface area contributed by atoms with Gasteiger partial charge in [0.15, 0.2) is 0 Å². The van der Waals surface area contributed by atoms with E-state index in [1.165, 1.54) is 19.3 Å². The zero-order chi connectivity index (χ0) is 13.6. The van der Waals surface area contributed by atoms with E-state index < -0.39 is 10.0 Å². The van der Waals surface area contributed by atoms with E-state index in [1.54, 1.807) is 4.90 Å². The largest absolute Gasteiger partial charge is 0.342 e. The van der Waals surface area contributed by atoms with Crippen molar-refractivity contribution in [1.29, 1.82) is 0 Å². The van der Waals surface area contributed by atoms with E-state index in [1.807, 2.05) is 0 Å². The number of likely N-dealkylation sites (tertiary alicyclic amines) is 1. The first-order chi connectivity index (χ1) is 8.42. The zero-order valence-electron chi connectivity index (χ0n) is 11.1. The summed E-state index contributed by atoms with van der Waals surface area (Å²) in [5.41, 5.74) is 0. The molecule has 1 rings (SSSR count). The van der Waals surface area contributed by atoms with Crippen molar-refractivity contribution in [1.82, 2.24) is 4.90 Å². The van der Waals surface area contributed by atoms with Crippen molar-refractivity contribution in [2.75, 3.05) is 18.8 Å². The molecule has 1 atom stereocenters. The summed E-state index contributed by atoms with van der Waals surface area (Å²) in [6.45, 7) is 3.47. The third-order valence-electron chi connectivity index (χ3n) is 3.29. The van der Waals surface area contributed by atoms with Crippen LogP contribution in [-0.2, 0) is 14.8 Å². The molecule has 18 heavy (non-hydrogen) atoms. The molecule has 0 aromatic rings. The molecule has 5 nitrogen and oxygen atoms in total. The summed E-state index contributed by atoms with van der Waals surface area (Å²) in [6, 6.07) is 0. The minimum Gasteiger partial charge on any atom is -0.342 e. The fourth-order valence-electron chi connectivity index (χ4n) is 2.42. The van der Waals surface area contributed by atoms with Crippen LogP contribution in [0.3, 0.4) is 0 Å². The Labute approximate surface area is 110 Å². The summed E-state index contributed by atoms with van der Waals surface area (Å²) in [4.78, 5) is 13.5. The Hall–Kier alpha value is -0.620. The number of unbranched alkanes of at least 4 members (excludes halogenated alkanes) is 4. The number of primary sulfonamides is 1. The Bertz CT molecular complexity index is 368. The Kier molecular flexibility index (Phi) is 6.08. The van der Waals surface area contributed by atoms with Crippen molar-refractivity contribution >= 4 is 15.9 Å². The summed E-state index contributed by atoms with van der Waals surface area (Å²) >= 11 is 0. The van der Waals surface area contributed by atoms with Gasteiger partial charge in [-0.05, 0) is 6.42 Å². The van der Waals surface area contributed by atoms with Crippen molar-refractivity contribution in [3.63, 3.8) is 0 Å². The Balaban J connectivity index is 2.25. The van der Waals surface area contributed by atoms with Gasteiger partial charge in [-0.2, -0.15) is 0 Å². The van der Waals surface area contributed by atoms with E-state index in [-0.39, 0.29) is 17.6 Å². The summed E-state index contributed by atoms with van der Waals surface area (Å²) < 4.78 is 22.0. The van der Waals surface area contributed by atoms with E-state index in [2.05, 4.69) is 6.92 Å². The maximum Gasteiger partial charge on any atom is 0.222 e. The molecule has 1 aliphatic heterocycles. The molecule has 0 aromatic heterocycles. The Morgan fingerprint density at radius 3 is 2.56 bits per heavy atom. The first-order valence-corrected chi connectivity index (χ1v) is 8.42. The maximum atomic E-state index is 11.7. The van der Waals surface area contributed by atoms with E-state index in [4.69, 9.17) is 5.14 Å². The highest BCUT2D eigenvalue weighted by molar-refractivity contribution is 7.89. The lowest BCUT2D eigenvalue weighted by Gasteiger charge is -2.16. The van der Waals surface area contributed by atoms with Gasteiger partial charge in [0.1, 0.15) is 0 Å². The molecular weight excluding hydrogens is 252 g/mol. The molecule has 1 saturated heterocycles. The molecule has 0 aromatic carbocycles. The van der Waals surface area contributed by atoms with Gasteiger partial charge in [0.25, 0.3) is 0 Å². The lowest BCUT2D eigenvalue weighted by atomic mass is 10.1. The second kappa shape index (κ2) is 7.09. The molecule has 0 radical (unpaired) electrons. The van der Waals surface area contributed by atoms with Crippen molar-refractivity contribution in [2.45, 2.75) is 45.4 Å². The molecule has 0 saturated carbocycles. The molecule has 0 aliphatic carbocycles. The third kappa shape index (κ3) is 5.82. The standard InChI is InChI=1S/C12H24N2O3S/c1-2-3-4-5-6-7-14-9-11(8-12(14)15)10-18(13,16)17/h11H,2-10H2,1H3,(H2,13,16,17). The lowest BCUT2D eigenvalue weighted by molar-refractivity contribution is -0.127. The first-order valence-electron chi connectivity index (χ1n) is 6.70. The zero-order valence-corrected chi connectivity index (χ0v) is 11.9. The molecule has 106 valence electrons. The smallest absolute Gasteiger partial charge is 0.222 e. The van der Waals surface area contributed by atoms with Crippen molar-refractivity contribution < 1.29 is 13.2 Å². The van der Waals surface area contributed by atoms with E-state index in [0.29, 0.717) is 13.0 Å². The highest BCUT2D eigenvalue weighted by Crippen LogP contribution is 2.19. The molecule has 0 spiro atoms. The van der Waals surface area contributed by atoms with Crippen molar-refractivity contribution in [3.8, 4) is 0 Å². The minimum absolute atomic E-state index is 0.0686. The van der Waals surface area contributed by atoms with Gasteiger partial charge >= 0.3 is 0 Å². The molecule has 1 heterocycles. The molecule has 6 heteroatoms. The van der Waals surface area contributed by atoms with Crippen LogP contribution in [0.5, 0.6) is 0 Å². The monoisotopic (exact) mass is 276 g/mol. The first kappa shape index (κ1) is 15.4. The number of sulfonamides is 1. The van der Waals surface area contributed by atoms with Crippen LogP contribution in [0.4, 0.5) is 0 Å². The maximum absolute atomic E-state index is 11.7. The van der Waals surface area contributed by atoms with Crippen LogP contribution in [0.15, 0.2) is 0 Å². The Morgan fingerprint density at radius 2 is 1.94 bits per heavy atom. The highest BCUT2D eigenvalue weighted by atomic mass is 32.2. The molecule has 1 unspecified atom stereocenters. The van der Waals surface area contributed by atoms with E-state index in [9.17, 15) is 13.2 Å². The van der Waals surface area contributed by atoms with Gasteiger partial charge in [-0.25, -0.2) is 13.6 Å². The number of carbonyl (C=O) groups excluding carboxylic acids is 1. The van der Waals surface area contributed by atoms with Crippen molar-refractivity contribution in [3.05, 3.63) is 0 Å². The van der Waals surface area contributed by atoms with Gasteiger partial charge in [-0.15, -0.1) is 0 Å². The number of rotatable bonds is 8. The second-order valence-corrected chi connectivity index (χ2v) is 6.81. The molecule has 1 aliphatic rings. The predicted octanol–water partition coefficient (Wildman–Crippen LogP) is 1.09. The number of hydrogen-bond donors (Lipinski definition) is 1. The van der Waals surface area contributed by atoms with Gasteiger partial charge in [0.05, 0.1) is 5.75 Å². The third-order valence-corrected chi connectivity index (χ3v) is 4.23. The van der Waals surface area contributed by atoms with Crippen LogP contribution in [0.25, 0.3) is 0 Å². The second-order valence-electron chi connectivity index (χ2n) is 5.15. The van der Waals surface area contributed by atoms with Crippen LogP contribution in [-0.4, -0.2) is 38.1 Å². The minimum atomic E-state index is -3.47. The number of nitrogens with zero attached hydrogens (tertiary/aromatic N) is 1. The summed E-state index contributed by atoms with van der Waals surface area (Å²) in [7, 11) is -3.47. The normalized spacial score (nSPS) is 20.7. The number of amides is 1. The van der Waals surface area contributed by atoms with Crippen LogP contribution < -0.4 is 5.14 Å². The number of hydrogen-bond acceptors (Lipinski definition) is 3. The molecule has 0 bridgehead atoms. The topological polar surface area (TPSA) is 80.5 Å². The average Bonchev–Trinajstić information content (AvgIpc) is 2.56. The molecule has 1 amide bonds. The fourth-order valence-corrected chi connectivity index (χ4v) is 3.30. The van der Waals surface area contributed by atoms with Gasteiger partial charge in [0, 0.05) is 25.4 Å². The SMILES string of the molecule is CCCCCCCN1CC(CS(N)(=O)=O)CC1=O. The van der Waals surface area contributed by atoms with Gasteiger partial charge in [-0.3, -0.25) is 4.79 Å². The summed E-state index contributed by atoms with van der Waals surface area (Å²) in [5.74, 6) is -0.132. The van der Waals surface area contributed by atoms with Crippen LogP contribution >= 0.6 is 0 Å². The van der Waals surface area contributed by atoms with Gasteiger partial charge in [0.2, 0.25) is 15.9 Å². The van der Waals surface area contributed by atoms with E-state index >= 15 is 0 Å². The summed E-state index contributed by atoms with van der Waals surface area (Å²) in [5, 5.41) is 5.00.